The predicted molar refractivity (Wildman–Crippen MR) is 254 cm³/mol. The highest BCUT2D eigenvalue weighted by Crippen LogP contribution is 2.39. The molecule has 17 nitrogen and oxygen atoms in total. The maximum Gasteiger partial charge on any atom is 0.308 e. The third kappa shape index (κ3) is 19.7. The van der Waals surface area contributed by atoms with Crippen molar-refractivity contribution in [2.75, 3.05) is 0 Å². The molecule has 3 aliphatic heterocycles. The van der Waals surface area contributed by atoms with Crippen molar-refractivity contribution in [1.29, 1.82) is 0 Å². The summed E-state index contributed by atoms with van der Waals surface area (Å²) in [7, 11) is 0. The Kier molecular flexibility index (Phi) is 25.6. The molecule has 12 N–H and O–H groups in total. The second-order valence-corrected chi connectivity index (χ2v) is 18.5. The SMILES string of the molecule is C=CCCC(=O)[C@H]1[C@@H]2C[C@@H](O[C@@H]3O[C@H](C)[C@@H](O)[C@H](N)[C@@H]3O)/C=C/C=C/C=C/C=C/C=C/C=C/C=C/[C@H](C)[C@@H](O)[C@@H](C)[C@H](C)OC(=O)C[C@H](O)C[C@H](O)CC[C@@H](O)[C@H](O)C[C@H](O)C[C@](O)(C[C@@H]1O)O2. The molecule has 0 aromatic rings. The fourth-order valence-corrected chi connectivity index (χ4v) is 8.48. The molecule has 0 amide bonds. The number of hydrogen-bond donors (Lipinski definition) is 11. The number of ketones is 1. The average Bonchev–Trinajstić information content (AvgIpc) is 3.26. The van der Waals surface area contributed by atoms with Gasteiger partial charge in [0.2, 0.25) is 0 Å². The molecule has 2 fully saturated rings. The lowest BCUT2D eigenvalue weighted by molar-refractivity contribution is -0.307. The minimum absolute atomic E-state index is 0.00354. The van der Waals surface area contributed by atoms with Crippen molar-refractivity contribution in [2.45, 2.75) is 189 Å². The monoisotopic (exact) mass is 962 g/mol. The van der Waals surface area contributed by atoms with Crippen LogP contribution in [0.3, 0.4) is 0 Å². The number of allylic oxidation sites excluding steroid dienone is 13. The van der Waals surface area contributed by atoms with Crippen LogP contribution in [0.1, 0.15) is 91.9 Å². The van der Waals surface area contributed by atoms with Crippen molar-refractivity contribution in [2.24, 2.45) is 23.5 Å². The Morgan fingerprint density at radius 2 is 1.31 bits per heavy atom. The highest BCUT2D eigenvalue weighted by Gasteiger charge is 2.50. The number of aliphatic hydroxyl groups is 10. The summed E-state index contributed by atoms with van der Waals surface area (Å²) in [6.45, 7) is 10.5. The first-order chi connectivity index (χ1) is 32.2. The summed E-state index contributed by atoms with van der Waals surface area (Å²) >= 11 is 0. The first kappa shape index (κ1) is 58.8. The van der Waals surface area contributed by atoms with E-state index in [1.165, 1.54) is 0 Å². The van der Waals surface area contributed by atoms with E-state index in [2.05, 4.69) is 6.58 Å². The minimum Gasteiger partial charge on any atom is -0.462 e. The fourth-order valence-electron chi connectivity index (χ4n) is 8.48. The van der Waals surface area contributed by atoms with E-state index >= 15 is 0 Å². The van der Waals surface area contributed by atoms with Gasteiger partial charge in [0.25, 0.3) is 0 Å². The number of hydrogen-bond acceptors (Lipinski definition) is 17. The van der Waals surface area contributed by atoms with Gasteiger partial charge in [-0.3, -0.25) is 9.59 Å². The summed E-state index contributed by atoms with van der Waals surface area (Å²) in [6.07, 6.45) is 7.04. The second-order valence-electron chi connectivity index (χ2n) is 18.5. The molecule has 384 valence electrons. The van der Waals surface area contributed by atoms with Gasteiger partial charge in [-0.05, 0) is 39.5 Å². The zero-order valence-electron chi connectivity index (χ0n) is 39.8. The van der Waals surface area contributed by atoms with Crippen LogP contribution in [0.5, 0.6) is 0 Å². The highest BCUT2D eigenvalue weighted by atomic mass is 16.7. The first-order valence-corrected chi connectivity index (χ1v) is 23.8. The molecule has 0 radical (unpaired) electrons. The Labute approximate surface area is 401 Å². The van der Waals surface area contributed by atoms with Crippen LogP contribution in [0.4, 0.5) is 0 Å². The summed E-state index contributed by atoms with van der Waals surface area (Å²) in [5.41, 5.74) is 6.09. The molecule has 2 saturated heterocycles. The zero-order valence-corrected chi connectivity index (χ0v) is 39.8. The number of nitrogens with two attached hydrogens (primary N) is 1. The molecular formula is C51H79NO16. The molecule has 0 aromatic carbocycles. The van der Waals surface area contributed by atoms with Gasteiger partial charge in [-0.2, -0.15) is 0 Å². The smallest absolute Gasteiger partial charge is 0.308 e. The van der Waals surface area contributed by atoms with E-state index in [1.807, 2.05) is 49.5 Å². The van der Waals surface area contributed by atoms with Gasteiger partial charge in [0.1, 0.15) is 18.0 Å². The van der Waals surface area contributed by atoms with Crippen LogP contribution in [0.25, 0.3) is 0 Å². The molecule has 0 saturated carbocycles. The van der Waals surface area contributed by atoms with Gasteiger partial charge in [-0.25, -0.2) is 0 Å². The standard InChI is InChI=1S/C51H79NO16/c1-6-7-22-40(57)45-42(59)30-51(64)29-37(55)26-41(58)39(56)24-23-35(53)25-36(54)27-44(60)65-33(4)32(3)47(61)31(2)20-18-16-14-12-10-8-9-11-13-15-17-19-21-38(28-43(45)68-51)67-50-49(63)46(52)48(62)34(5)66-50/h6,8-21,31-39,41-43,45-50,53-56,58-59,61-64H,1,7,22-30,52H2,2-5H3/b9-8+,12-10+,13-11+,16-14+,17-15+,20-18+,21-19+/t31-,32-,33-,34+,35+,36+,37-,38-,39+,41+,42-,43-,45+,46-,47+,48+,49-,50-,51+/m0/s1. The minimum atomic E-state index is -2.24. The largest absolute Gasteiger partial charge is 0.462 e. The molecule has 0 spiro atoms. The van der Waals surface area contributed by atoms with Gasteiger partial charge in [-0.1, -0.05) is 105 Å². The van der Waals surface area contributed by atoms with Gasteiger partial charge >= 0.3 is 5.97 Å². The Morgan fingerprint density at radius 1 is 0.721 bits per heavy atom. The van der Waals surface area contributed by atoms with Crippen molar-refractivity contribution >= 4 is 11.8 Å². The Morgan fingerprint density at radius 3 is 1.91 bits per heavy atom. The number of rotatable bonds is 6. The van der Waals surface area contributed by atoms with E-state index in [0.29, 0.717) is 6.42 Å². The summed E-state index contributed by atoms with van der Waals surface area (Å²) in [5.74, 6) is -5.23. The number of aliphatic hydroxyl groups excluding tert-OH is 9. The second kappa shape index (κ2) is 29.6. The first-order valence-electron chi connectivity index (χ1n) is 23.8. The highest BCUT2D eigenvalue weighted by molar-refractivity contribution is 5.82. The van der Waals surface area contributed by atoms with Crippen molar-refractivity contribution in [3.63, 3.8) is 0 Å². The molecule has 17 heteroatoms. The summed E-state index contributed by atoms with van der Waals surface area (Å²) in [5, 5.41) is 109. The molecule has 3 rings (SSSR count). The zero-order chi connectivity index (χ0) is 50.6. The Balaban J connectivity index is 1.91. The molecule has 0 aliphatic carbocycles. The number of carbonyl (C=O) groups excluding carboxylic acids is 2. The lowest BCUT2D eigenvalue weighted by Gasteiger charge is -2.46. The van der Waals surface area contributed by atoms with Gasteiger partial charge in [0, 0.05) is 43.9 Å². The van der Waals surface area contributed by atoms with Crippen LogP contribution < -0.4 is 5.73 Å². The van der Waals surface area contributed by atoms with Crippen molar-refractivity contribution in [3.05, 3.63) is 97.7 Å². The maximum atomic E-state index is 13.6. The van der Waals surface area contributed by atoms with Crippen molar-refractivity contribution in [3.8, 4) is 0 Å². The lowest BCUT2D eigenvalue weighted by Crippen LogP contribution is -2.61. The van der Waals surface area contributed by atoms with Crippen LogP contribution in [-0.2, 0) is 28.5 Å². The van der Waals surface area contributed by atoms with Crippen molar-refractivity contribution < 1.29 is 79.6 Å². The van der Waals surface area contributed by atoms with E-state index in [4.69, 9.17) is 24.7 Å². The number of cyclic esters (lactones) is 1. The molecule has 0 aromatic heterocycles. The number of Topliss-reactive ketones (excluding diaryl/α,β-unsaturated/α-hetero) is 1. The van der Waals surface area contributed by atoms with Gasteiger partial charge in [-0.15, -0.1) is 6.58 Å². The molecule has 3 aliphatic rings. The van der Waals surface area contributed by atoms with Gasteiger partial charge in [0.05, 0.1) is 85.5 Å². The van der Waals surface area contributed by atoms with Gasteiger partial charge in [0.15, 0.2) is 12.1 Å². The normalized spacial score (nSPS) is 44.0. The maximum absolute atomic E-state index is 13.6. The van der Waals surface area contributed by atoms with E-state index in [9.17, 15) is 60.7 Å². The number of carbonyl (C=O) groups is 2. The number of esters is 1. The summed E-state index contributed by atoms with van der Waals surface area (Å²) < 4.78 is 23.7. The molecule has 2 bridgehead atoms. The van der Waals surface area contributed by atoms with Gasteiger partial charge < -0.3 is 75.7 Å². The van der Waals surface area contributed by atoms with E-state index < -0.39 is 141 Å². The number of fused-ring (bicyclic) bond motifs is 2. The van der Waals surface area contributed by atoms with Crippen LogP contribution in [0.15, 0.2) is 97.7 Å². The topological polar surface area (TPSA) is 299 Å². The molecule has 3 heterocycles. The Bertz CT molecular complexity index is 1750. The predicted octanol–water partition coefficient (Wildman–Crippen LogP) is 2.16. The lowest BCUT2D eigenvalue weighted by atomic mass is 9.79. The van der Waals surface area contributed by atoms with E-state index in [1.54, 1.807) is 69.4 Å². The molecule has 0 unspecified atom stereocenters. The molecule has 68 heavy (non-hydrogen) atoms. The number of ether oxygens (including phenoxy) is 4. The summed E-state index contributed by atoms with van der Waals surface area (Å²) in [6, 6.07) is -1.12. The summed E-state index contributed by atoms with van der Waals surface area (Å²) in [4.78, 5) is 26.3. The van der Waals surface area contributed by atoms with E-state index in [-0.39, 0.29) is 43.8 Å². The third-order valence-corrected chi connectivity index (χ3v) is 12.7. The van der Waals surface area contributed by atoms with Crippen LogP contribution in [-0.4, -0.2) is 160 Å². The van der Waals surface area contributed by atoms with Crippen LogP contribution >= 0.6 is 0 Å². The fraction of sp³-hybridized carbons (Fsp3) is 0.647. The van der Waals surface area contributed by atoms with Crippen LogP contribution in [0, 0.1) is 17.8 Å². The van der Waals surface area contributed by atoms with E-state index in [0.717, 1.165) is 0 Å². The quantitative estimate of drug-likeness (QED) is 0.134. The Hall–Kier alpha value is -3.50. The third-order valence-electron chi connectivity index (χ3n) is 12.7. The van der Waals surface area contributed by atoms with Crippen molar-refractivity contribution in [1.82, 2.24) is 0 Å². The average molecular weight is 962 g/mol. The molecular weight excluding hydrogens is 883 g/mol. The van der Waals surface area contributed by atoms with Crippen LogP contribution in [0.2, 0.25) is 0 Å². The molecule has 19 atom stereocenters.